The zero-order valence-corrected chi connectivity index (χ0v) is 13.6. The standard InChI is InChI=1S/C19H28O2/c1-4-5-6-8-15(3)18(21)19(12-14(2)13-19)16-9-7-10-17(20)11-16/h7,9-11,14-15,20H,4-6,8,12-13H2,1-3H3. The Morgan fingerprint density at radius 2 is 2.10 bits per heavy atom. The fourth-order valence-corrected chi connectivity index (χ4v) is 3.82. The van der Waals surface area contributed by atoms with Crippen LogP contribution in [0.4, 0.5) is 0 Å². The van der Waals surface area contributed by atoms with E-state index < -0.39 is 0 Å². The molecule has 0 heterocycles. The van der Waals surface area contributed by atoms with Crippen LogP contribution in [0.15, 0.2) is 24.3 Å². The average molecular weight is 288 g/mol. The molecule has 1 unspecified atom stereocenters. The van der Waals surface area contributed by atoms with Crippen molar-refractivity contribution in [3.8, 4) is 5.75 Å². The third-order valence-electron chi connectivity index (χ3n) is 4.95. The van der Waals surface area contributed by atoms with E-state index in [-0.39, 0.29) is 17.1 Å². The molecule has 2 heteroatoms. The van der Waals surface area contributed by atoms with Gasteiger partial charge >= 0.3 is 0 Å². The van der Waals surface area contributed by atoms with E-state index in [1.54, 1.807) is 12.1 Å². The lowest BCUT2D eigenvalue weighted by atomic mass is 9.55. The van der Waals surface area contributed by atoms with Crippen LogP contribution in [-0.4, -0.2) is 10.9 Å². The summed E-state index contributed by atoms with van der Waals surface area (Å²) in [7, 11) is 0. The van der Waals surface area contributed by atoms with Gasteiger partial charge in [-0.3, -0.25) is 4.79 Å². The molecule has 0 aliphatic heterocycles. The van der Waals surface area contributed by atoms with Crippen LogP contribution in [0.25, 0.3) is 0 Å². The minimum Gasteiger partial charge on any atom is -0.508 e. The number of benzene rings is 1. The summed E-state index contributed by atoms with van der Waals surface area (Å²) in [5.41, 5.74) is 0.664. The molecule has 1 aliphatic carbocycles. The van der Waals surface area contributed by atoms with Gasteiger partial charge in [-0.05, 0) is 42.9 Å². The van der Waals surface area contributed by atoms with Crippen molar-refractivity contribution in [3.05, 3.63) is 29.8 Å². The molecule has 1 N–H and O–H groups in total. The first-order valence-electron chi connectivity index (χ1n) is 8.33. The van der Waals surface area contributed by atoms with Crippen molar-refractivity contribution in [2.45, 2.75) is 64.7 Å². The van der Waals surface area contributed by atoms with E-state index >= 15 is 0 Å². The lowest BCUT2D eigenvalue weighted by Crippen LogP contribution is -2.49. The second-order valence-corrected chi connectivity index (χ2v) is 6.91. The van der Waals surface area contributed by atoms with Gasteiger partial charge < -0.3 is 5.11 Å². The predicted octanol–water partition coefficient (Wildman–Crippen LogP) is 4.85. The second kappa shape index (κ2) is 6.64. The number of unbranched alkanes of at least 4 members (excludes halogenated alkanes) is 2. The van der Waals surface area contributed by atoms with E-state index in [1.807, 2.05) is 12.1 Å². The van der Waals surface area contributed by atoms with Gasteiger partial charge in [-0.2, -0.15) is 0 Å². The lowest BCUT2D eigenvalue weighted by molar-refractivity contribution is -0.133. The summed E-state index contributed by atoms with van der Waals surface area (Å²) < 4.78 is 0. The van der Waals surface area contributed by atoms with Gasteiger partial charge in [-0.25, -0.2) is 0 Å². The Hall–Kier alpha value is -1.31. The topological polar surface area (TPSA) is 37.3 Å². The van der Waals surface area contributed by atoms with Crippen LogP contribution in [0.3, 0.4) is 0 Å². The van der Waals surface area contributed by atoms with Crippen LogP contribution < -0.4 is 0 Å². The van der Waals surface area contributed by atoms with E-state index in [9.17, 15) is 9.90 Å². The number of aromatic hydroxyl groups is 1. The Balaban J connectivity index is 2.16. The van der Waals surface area contributed by atoms with Gasteiger partial charge in [0, 0.05) is 5.92 Å². The van der Waals surface area contributed by atoms with Crippen molar-refractivity contribution in [1.82, 2.24) is 0 Å². The SMILES string of the molecule is CCCCCC(C)C(=O)C1(c2cccc(O)c2)CC(C)C1. The van der Waals surface area contributed by atoms with Crippen molar-refractivity contribution in [3.63, 3.8) is 0 Å². The monoisotopic (exact) mass is 288 g/mol. The fraction of sp³-hybridized carbons (Fsp3) is 0.632. The predicted molar refractivity (Wildman–Crippen MR) is 86.5 cm³/mol. The van der Waals surface area contributed by atoms with Crippen LogP contribution in [0.2, 0.25) is 0 Å². The first-order valence-corrected chi connectivity index (χ1v) is 8.33. The molecule has 0 saturated heterocycles. The van der Waals surface area contributed by atoms with Crippen LogP contribution in [-0.2, 0) is 10.2 Å². The molecule has 0 aromatic heterocycles. The first kappa shape index (κ1) is 16.1. The molecule has 21 heavy (non-hydrogen) atoms. The molecule has 1 aromatic rings. The summed E-state index contributed by atoms with van der Waals surface area (Å²) in [5, 5.41) is 9.74. The van der Waals surface area contributed by atoms with Gasteiger partial charge in [0.15, 0.2) is 0 Å². The summed E-state index contributed by atoms with van der Waals surface area (Å²) in [6, 6.07) is 7.31. The Kier molecular flexibility index (Phi) is 5.08. The van der Waals surface area contributed by atoms with Gasteiger partial charge in [-0.15, -0.1) is 0 Å². The molecule has 0 spiro atoms. The van der Waals surface area contributed by atoms with Crippen molar-refractivity contribution >= 4 is 5.78 Å². The Bertz CT molecular complexity index is 486. The molecule has 1 aromatic carbocycles. The molecule has 1 atom stereocenters. The molecule has 0 bridgehead atoms. The van der Waals surface area contributed by atoms with Gasteiger partial charge in [0.2, 0.25) is 0 Å². The van der Waals surface area contributed by atoms with Gasteiger partial charge in [-0.1, -0.05) is 52.2 Å². The number of rotatable bonds is 7. The largest absolute Gasteiger partial charge is 0.508 e. The third-order valence-corrected chi connectivity index (χ3v) is 4.95. The van der Waals surface area contributed by atoms with E-state index in [0.29, 0.717) is 11.7 Å². The fourth-order valence-electron chi connectivity index (χ4n) is 3.82. The molecule has 2 rings (SSSR count). The Morgan fingerprint density at radius 3 is 2.67 bits per heavy atom. The van der Waals surface area contributed by atoms with E-state index in [4.69, 9.17) is 0 Å². The number of carbonyl (C=O) groups excluding carboxylic acids is 1. The normalized spacial score (nSPS) is 26.1. The smallest absolute Gasteiger partial charge is 0.146 e. The summed E-state index contributed by atoms with van der Waals surface area (Å²) in [6.45, 7) is 6.47. The molecule has 1 aliphatic rings. The molecule has 0 radical (unpaired) electrons. The maximum Gasteiger partial charge on any atom is 0.146 e. The van der Waals surface area contributed by atoms with Crippen molar-refractivity contribution < 1.29 is 9.90 Å². The highest BCUT2D eigenvalue weighted by atomic mass is 16.3. The highest BCUT2D eigenvalue weighted by Crippen LogP contribution is 2.50. The molecule has 1 fully saturated rings. The Labute approximate surface area is 128 Å². The highest BCUT2D eigenvalue weighted by molar-refractivity contribution is 5.93. The zero-order valence-electron chi connectivity index (χ0n) is 13.6. The molecular weight excluding hydrogens is 260 g/mol. The van der Waals surface area contributed by atoms with Crippen molar-refractivity contribution in [2.75, 3.05) is 0 Å². The quantitative estimate of drug-likeness (QED) is 0.728. The van der Waals surface area contributed by atoms with Crippen LogP contribution in [0.5, 0.6) is 5.75 Å². The third kappa shape index (κ3) is 3.30. The molecule has 0 amide bonds. The number of hydrogen-bond donors (Lipinski definition) is 1. The maximum absolute atomic E-state index is 13.0. The van der Waals surface area contributed by atoms with Crippen LogP contribution in [0, 0.1) is 11.8 Å². The first-order chi connectivity index (χ1) is 9.99. The van der Waals surface area contributed by atoms with Gasteiger partial charge in [0.05, 0.1) is 5.41 Å². The number of hydrogen-bond acceptors (Lipinski definition) is 2. The molecular formula is C19H28O2. The number of ketones is 1. The summed E-state index contributed by atoms with van der Waals surface area (Å²) in [5.74, 6) is 1.35. The van der Waals surface area contributed by atoms with E-state index in [1.165, 1.54) is 12.8 Å². The van der Waals surface area contributed by atoms with Crippen LogP contribution in [0.1, 0.15) is 64.9 Å². The van der Waals surface area contributed by atoms with Gasteiger partial charge in [0.25, 0.3) is 0 Å². The average Bonchev–Trinajstić information content (AvgIpc) is 2.43. The number of phenolic OH excluding ortho intramolecular Hbond substituents is 1. The minimum absolute atomic E-state index is 0.117. The lowest BCUT2D eigenvalue weighted by Gasteiger charge is -2.47. The molecule has 1 saturated carbocycles. The summed E-state index contributed by atoms with van der Waals surface area (Å²) >= 11 is 0. The number of phenols is 1. The van der Waals surface area contributed by atoms with Gasteiger partial charge in [0.1, 0.15) is 11.5 Å². The zero-order chi connectivity index (χ0) is 15.5. The van der Waals surface area contributed by atoms with Crippen LogP contribution >= 0.6 is 0 Å². The molecule has 2 nitrogen and oxygen atoms in total. The summed E-state index contributed by atoms with van der Waals surface area (Å²) in [6.07, 6.45) is 6.36. The Morgan fingerprint density at radius 1 is 1.38 bits per heavy atom. The highest BCUT2D eigenvalue weighted by Gasteiger charge is 2.50. The number of carbonyl (C=O) groups is 1. The second-order valence-electron chi connectivity index (χ2n) is 6.91. The maximum atomic E-state index is 13.0. The van der Waals surface area contributed by atoms with E-state index in [2.05, 4.69) is 20.8 Å². The van der Waals surface area contributed by atoms with Crippen molar-refractivity contribution in [1.29, 1.82) is 0 Å². The van der Waals surface area contributed by atoms with Crippen molar-refractivity contribution in [2.24, 2.45) is 11.8 Å². The molecule has 116 valence electrons. The number of Topliss-reactive ketones (excluding diaryl/α,β-unsaturated/α-hetero) is 1. The summed E-state index contributed by atoms with van der Waals surface area (Å²) in [4.78, 5) is 13.0. The van der Waals surface area contributed by atoms with E-state index in [0.717, 1.165) is 31.2 Å². The minimum atomic E-state index is -0.343.